The Morgan fingerprint density at radius 1 is 1.44 bits per heavy atom. The predicted molar refractivity (Wildman–Crippen MR) is 88.5 cm³/mol. The van der Waals surface area contributed by atoms with Gasteiger partial charge in [-0.1, -0.05) is 6.07 Å². The molecule has 1 N–H and O–H groups in total. The first-order valence-electron chi connectivity index (χ1n) is 7.82. The molecule has 1 aromatic heterocycles. The second-order valence-corrected chi connectivity index (χ2v) is 5.97. The summed E-state index contributed by atoms with van der Waals surface area (Å²) in [7, 11) is 0. The lowest BCUT2D eigenvalue weighted by Gasteiger charge is -2.30. The van der Waals surface area contributed by atoms with Crippen molar-refractivity contribution >= 4 is 28.7 Å². The molecule has 3 rings (SSSR count). The predicted octanol–water partition coefficient (Wildman–Crippen LogP) is 0.674. The lowest BCUT2D eigenvalue weighted by Crippen LogP contribution is -2.47. The molecule has 0 radical (unpaired) electrons. The van der Waals surface area contributed by atoms with Crippen molar-refractivity contribution in [2.75, 3.05) is 6.54 Å². The third-order valence-corrected chi connectivity index (χ3v) is 4.49. The van der Waals surface area contributed by atoms with Gasteiger partial charge in [0.2, 0.25) is 5.78 Å². The van der Waals surface area contributed by atoms with Gasteiger partial charge in [0.25, 0.3) is 11.2 Å². The molecular weight excluding hydrogens is 328 g/mol. The van der Waals surface area contributed by atoms with Gasteiger partial charge in [0, 0.05) is 12.6 Å². The number of ketones is 1. The van der Waals surface area contributed by atoms with Crippen molar-refractivity contribution in [3.05, 3.63) is 44.5 Å². The smallest absolute Gasteiger partial charge is 0.284 e. The molecule has 1 saturated heterocycles. The Hall–Kier alpha value is -2.94. The number of nitrogens with zero attached hydrogens (tertiary/aromatic N) is 3. The fraction of sp³-hybridized carbons (Fsp3) is 0.375. The first kappa shape index (κ1) is 16.9. The topological polar surface area (TPSA) is 124 Å². The molecule has 2 heterocycles. The number of piperidine rings is 1. The lowest BCUT2D eigenvalue weighted by atomic mass is 9.97. The minimum Gasteiger partial charge on any atom is -0.305 e. The average molecular weight is 344 g/mol. The van der Waals surface area contributed by atoms with Crippen LogP contribution in [0.25, 0.3) is 10.9 Å². The number of nitro benzene ring substituents is 1. The molecule has 9 nitrogen and oxygen atoms in total. The van der Waals surface area contributed by atoms with Gasteiger partial charge < -0.3 is 5.32 Å². The van der Waals surface area contributed by atoms with E-state index in [9.17, 15) is 24.5 Å². The average Bonchev–Trinajstić information content (AvgIpc) is 2.61. The molecule has 9 heteroatoms. The number of aryl methyl sites for hydroxylation is 1. The fourth-order valence-corrected chi connectivity index (χ4v) is 3.31. The number of non-ortho nitro benzene ring substituents is 1. The molecule has 130 valence electrons. The van der Waals surface area contributed by atoms with Crippen LogP contribution in [0.3, 0.4) is 0 Å². The van der Waals surface area contributed by atoms with Crippen molar-refractivity contribution in [1.82, 2.24) is 14.9 Å². The van der Waals surface area contributed by atoms with E-state index in [0.717, 1.165) is 0 Å². The SMILES string of the molecule is Cc1nc2cccc([N+](=O)[O-])c2c(=O)n1C1CCC(C(=O)C=O)NC1. The largest absolute Gasteiger partial charge is 0.305 e. The maximum absolute atomic E-state index is 12.9. The van der Waals surface area contributed by atoms with Gasteiger partial charge in [0.15, 0.2) is 6.29 Å². The zero-order chi connectivity index (χ0) is 18.1. The number of hydrogen-bond donors (Lipinski definition) is 1. The third-order valence-electron chi connectivity index (χ3n) is 4.49. The Morgan fingerprint density at radius 2 is 2.20 bits per heavy atom. The molecule has 2 aromatic rings. The minimum absolute atomic E-state index is 0.0239. The van der Waals surface area contributed by atoms with E-state index in [0.29, 0.717) is 25.2 Å². The van der Waals surface area contributed by atoms with E-state index in [2.05, 4.69) is 10.3 Å². The molecule has 2 atom stereocenters. The summed E-state index contributed by atoms with van der Waals surface area (Å²) in [5, 5.41) is 14.2. The molecule has 0 spiro atoms. The Bertz CT molecular complexity index is 928. The Balaban J connectivity index is 2.04. The first-order valence-corrected chi connectivity index (χ1v) is 7.82. The van der Waals surface area contributed by atoms with Crippen LogP contribution in [0.4, 0.5) is 5.69 Å². The molecule has 1 fully saturated rings. The van der Waals surface area contributed by atoms with Crippen LogP contribution in [0.5, 0.6) is 0 Å². The van der Waals surface area contributed by atoms with Crippen molar-refractivity contribution in [2.45, 2.75) is 31.8 Å². The highest BCUT2D eigenvalue weighted by Crippen LogP contribution is 2.24. The van der Waals surface area contributed by atoms with Gasteiger partial charge in [-0.25, -0.2) is 4.98 Å². The van der Waals surface area contributed by atoms with E-state index in [4.69, 9.17) is 0 Å². The molecule has 0 saturated carbocycles. The molecule has 1 aliphatic heterocycles. The quantitative estimate of drug-likeness (QED) is 0.374. The third kappa shape index (κ3) is 2.93. The molecular formula is C16H16N4O5. The van der Waals surface area contributed by atoms with Crippen LogP contribution in [0.1, 0.15) is 24.7 Å². The summed E-state index contributed by atoms with van der Waals surface area (Å²) < 4.78 is 1.43. The number of fused-ring (bicyclic) bond motifs is 1. The van der Waals surface area contributed by atoms with Gasteiger partial charge in [-0.05, 0) is 25.8 Å². The van der Waals surface area contributed by atoms with Crippen molar-refractivity contribution in [2.24, 2.45) is 0 Å². The summed E-state index contributed by atoms with van der Waals surface area (Å²) in [5.41, 5.74) is -0.464. The first-order chi connectivity index (χ1) is 11.9. The number of carbonyl (C=O) groups is 2. The maximum atomic E-state index is 12.9. The number of benzene rings is 1. The minimum atomic E-state index is -0.594. The van der Waals surface area contributed by atoms with E-state index >= 15 is 0 Å². The molecule has 0 bridgehead atoms. The highest BCUT2D eigenvalue weighted by atomic mass is 16.6. The van der Waals surface area contributed by atoms with Gasteiger partial charge in [-0.2, -0.15) is 0 Å². The Morgan fingerprint density at radius 3 is 2.80 bits per heavy atom. The summed E-state index contributed by atoms with van der Waals surface area (Å²) in [6.45, 7) is 1.97. The van der Waals surface area contributed by atoms with E-state index < -0.39 is 22.3 Å². The van der Waals surface area contributed by atoms with Gasteiger partial charge in [-0.15, -0.1) is 0 Å². The van der Waals surface area contributed by atoms with E-state index in [-0.39, 0.29) is 28.9 Å². The van der Waals surface area contributed by atoms with E-state index in [1.54, 1.807) is 13.0 Å². The molecule has 1 aromatic carbocycles. The maximum Gasteiger partial charge on any atom is 0.284 e. The van der Waals surface area contributed by atoms with Crippen LogP contribution in [-0.4, -0.2) is 39.1 Å². The number of aromatic nitrogens is 2. The van der Waals surface area contributed by atoms with Crippen LogP contribution in [-0.2, 0) is 9.59 Å². The van der Waals surface area contributed by atoms with Crippen LogP contribution < -0.4 is 10.9 Å². The van der Waals surface area contributed by atoms with Crippen molar-refractivity contribution in [3.8, 4) is 0 Å². The van der Waals surface area contributed by atoms with E-state index in [1.165, 1.54) is 16.7 Å². The van der Waals surface area contributed by atoms with Crippen LogP contribution in [0.15, 0.2) is 23.0 Å². The Labute approximate surface area is 141 Å². The fourth-order valence-electron chi connectivity index (χ4n) is 3.31. The highest BCUT2D eigenvalue weighted by Gasteiger charge is 2.29. The zero-order valence-corrected chi connectivity index (χ0v) is 13.5. The number of carbonyl (C=O) groups excluding carboxylic acids is 2. The van der Waals surface area contributed by atoms with Crippen LogP contribution in [0.2, 0.25) is 0 Å². The van der Waals surface area contributed by atoms with Crippen LogP contribution in [0, 0.1) is 17.0 Å². The molecule has 2 unspecified atom stereocenters. The normalized spacial score (nSPS) is 20.4. The van der Waals surface area contributed by atoms with Crippen molar-refractivity contribution < 1.29 is 14.5 Å². The number of rotatable bonds is 4. The highest BCUT2D eigenvalue weighted by molar-refractivity contribution is 6.27. The summed E-state index contributed by atoms with van der Waals surface area (Å²) in [6, 6.07) is 3.50. The molecule has 0 aliphatic carbocycles. The summed E-state index contributed by atoms with van der Waals surface area (Å²) in [5.74, 6) is -0.0697. The van der Waals surface area contributed by atoms with Gasteiger partial charge >= 0.3 is 0 Å². The molecule has 1 aliphatic rings. The van der Waals surface area contributed by atoms with Gasteiger partial charge in [-0.3, -0.25) is 29.1 Å². The summed E-state index contributed by atoms with van der Waals surface area (Å²) in [4.78, 5) is 49.9. The van der Waals surface area contributed by atoms with Gasteiger partial charge in [0.05, 0.1) is 22.5 Å². The summed E-state index contributed by atoms with van der Waals surface area (Å²) >= 11 is 0. The molecule has 0 amide bonds. The number of hydrogen-bond acceptors (Lipinski definition) is 7. The Kier molecular flexibility index (Phi) is 4.41. The standard InChI is InChI=1S/C16H16N4O5/c1-9-18-12-3-2-4-13(20(24)25)15(12)16(23)19(9)10-5-6-11(17-7-10)14(22)8-21/h2-4,8,10-11,17H,5-7H2,1H3. The lowest BCUT2D eigenvalue weighted by molar-refractivity contribution is -0.383. The number of aldehydes is 1. The summed E-state index contributed by atoms with van der Waals surface area (Å²) in [6.07, 6.45) is 1.19. The second kappa shape index (κ2) is 6.52. The monoisotopic (exact) mass is 344 g/mol. The van der Waals surface area contributed by atoms with Crippen molar-refractivity contribution in [3.63, 3.8) is 0 Å². The van der Waals surface area contributed by atoms with E-state index in [1.807, 2.05) is 0 Å². The number of nitrogens with one attached hydrogen (secondary N) is 1. The zero-order valence-electron chi connectivity index (χ0n) is 13.5. The number of nitro groups is 1. The van der Waals surface area contributed by atoms with Crippen molar-refractivity contribution in [1.29, 1.82) is 0 Å². The molecule has 25 heavy (non-hydrogen) atoms. The van der Waals surface area contributed by atoms with Crippen LogP contribution >= 0.6 is 0 Å². The second-order valence-electron chi connectivity index (χ2n) is 5.97. The number of Topliss-reactive ketones (excluding diaryl/α,β-unsaturated/α-hetero) is 1. The van der Waals surface area contributed by atoms with Gasteiger partial charge in [0.1, 0.15) is 11.2 Å².